The van der Waals surface area contributed by atoms with Crippen LogP contribution in [-0.2, 0) is 0 Å². The third kappa shape index (κ3) is 4.73. The summed E-state index contributed by atoms with van der Waals surface area (Å²) in [5, 5.41) is 12.4. The largest absolute Gasteiger partial charge is 0.302 e. The van der Waals surface area contributed by atoms with Gasteiger partial charge in [0, 0.05) is 38.8 Å². The van der Waals surface area contributed by atoms with Crippen LogP contribution in [0, 0.1) is 11.3 Å². The smallest absolute Gasteiger partial charge is 0.0965 e. The molecule has 0 aromatic carbocycles. The third-order valence-electron chi connectivity index (χ3n) is 4.78. The Labute approximate surface area is 124 Å². The van der Waals surface area contributed by atoms with Crippen molar-refractivity contribution in [3.05, 3.63) is 0 Å². The van der Waals surface area contributed by atoms with Gasteiger partial charge in [0.05, 0.1) is 12.1 Å². The van der Waals surface area contributed by atoms with Gasteiger partial charge in [0.25, 0.3) is 0 Å². The predicted octanol–water partition coefficient (Wildman–Crippen LogP) is 1.83. The molecule has 1 aliphatic carbocycles. The Morgan fingerprint density at radius 1 is 1.20 bits per heavy atom. The summed E-state index contributed by atoms with van der Waals surface area (Å²) in [5.74, 6) is 0. The van der Waals surface area contributed by atoms with Crippen LogP contribution in [0.2, 0.25) is 0 Å². The number of rotatable bonds is 7. The molecule has 1 heterocycles. The lowest BCUT2D eigenvalue weighted by Crippen LogP contribution is -2.50. The van der Waals surface area contributed by atoms with Crippen molar-refractivity contribution in [2.75, 3.05) is 39.3 Å². The summed E-state index contributed by atoms with van der Waals surface area (Å²) in [7, 11) is 0. The minimum absolute atomic E-state index is 0.0304. The van der Waals surface area contributed by atoms with Gasteiger partial charge in [-0.25, -0.2) is 0 Å². The van der Waals surface area contributed by atoms with E-state index in [9.17, 15) is 0 Å². The normalized spacial score (nSPS) is 23.8. The molecule has 1 saturated carbocycles. The zero-order valence-electron chi connectivity index (χ0n) is 13.0. The first-order valence-electron chi connectivity index (χ1n) is 8.43. The lowest BCUT2D eigenvalue weighted by atomic mass is 10.1. The summed E-state index contributed by atoms with van der Waals surface area (Å²) in [5.41, 5.74) is 0. The van der Waals surface area contributed by atoms with E-state index in [1.807, 2.05) is 0 Å². The number of hydrogen-bond donors (Lipinski definition) is 1. The molecule has 2 fully saturated rings. The SMILES string of the molecule is CCCNC(C#N)CCN1CCN(C2CCCC2)CC1. The summed E-state index contributed by atoms with van der Waals surface area (Å²) in [4.78, 5) is 5.23. The van der Waals surface area contributed by atoms with E-state index in [0.29, 0.717) is 0 Å². The molecular weight excluding hydrogens is 248 g/mol. The summed E-state index contributed by atoms with van der Waals surface area (Å²) < 4.78 is 0. The molecule has 0 aromatic rings. The zero-order valence-corrected chi connectivity index (χ0v) is 13.0. The standard InChI is InChI=1S/C16H30N4/c1-2-8-18-15(14-17)7-9-19-10-12-20(13-11-19)16-5-3-4-6-16/h15-16,18H,2-13H2,1H3. The van der Waals surface area contributed by atoms with Gasteiger partial charge in [0.15, 0.2) is 0 Å². The molecule has 1 unspecified atom stereocenters. The van der Waals surface area contributed by atoms with Gasteiger partial charge >= 0.3 is 0 Å². The van der Waals surface area contributed by atoms with Crippen LogP contribution in [0.25, 0.3) is 0 Å². The lowest BCUT2D eigenvalue weighted by molar-refractivity contribution is 0.0962. The number of piperazine rings is 1. The molecule has 114 valence electrons. The zero-order chi connectivity index (χ0) is 14.2. The van der Waals surface area contributed by atoms with Crippen molar-refractivity contribution in [1.29, 1.82) is 5.26 Å². The Kier molecular flexibility index (Phi) is 6.78. The van der Waals surface area contributed by atoms with E-state index in [2.05, 4.69) is 28.1 Å². The average Bonchev–Trinajstić information content (AvgIpc) is 3.02. The first-order valence-corrected chi connectivity index (χ1v) is 8.43. The van der Waals surface area contributed by atoms with Gasteiger partial charge in [-0.15, -0.1) is 0 Å². The van der Waals surface area contributed by atoms with Gasteiger partial charge in [0.2, 0.25) is 0 Å². The summed E-state index contributed by atoms with van der Waals surface area (Å²) >= 11 is 0. The van der Waals surface area contributed by atoms with Crippen molar-refractivity contribution in [1.82, 2.24) is 15.1 Å². The molecule has 0 bridgehead atoms. The molecule has 2 rings (SSSR count). The van der Waals surface area contributed by atoms with Gasteiger partial charge in [-0.3, -0.25) is 4.90 Å². The number of nitriles is 1. The highest BCUT2D eigenvalue weighted by molar-refractivity contribution is 4.90. The van der Waals surface area contributed by atoms with Crippen LogP contribution in [0.4, 0.5) is 0 Å². The topological polar surface area (TPSA) is 42.3 Å². The fourth-order valence-corrected chi connectivity index (χ4v) is 3.46. The number of nitrogens with one attached hydrogen (secondary N) is 1. The molecule has 0 spiro atoms. The summed E-state index contributed by atoms with van der Waals surface area (Å²) in [6.45, 7) is 8.98. The van der Waals surface area contributed by atoms with Crippen LogP contribution in [-0.4, -0.2) is 61.2 Å². The van der Waals surface area contributed by atoms with E-state index in [4.69, 9.17) is 5.26 Å². The molecule has 1 atom stereocenters. The second-order valence-corrected chi connectivity index (χ2v) is 6.24. The Hall–Kier alpha value is -0.630. The van der Waals surface area contributed by atoms with Crippen molar-refractivity contribution < 1.29 is 0 Å². The number of hydrogen-bond acceptors (Lipinski definition) is 4. The number of nitrogens with zero attached hydrogens (tertiary/aromatic N) is 3. The molecule has 1 N–H and O–H groups in total. The van der Waals surface area contributed by atoms with Crippen LogP contribution in [0.15, 0.2) is 0 Å². The lowest BCUT2D eigenvalue weighted by Gasteiger charge is -2.38. The fraction of sp³-hybridized carbons (Fsp3) is 0.938. The molecule has 0 amide bonds. The first-order chi connectivity index (χ1) is 9.83. The summed E-state index contributed by atoms with van der Waals surface area (Å²) in [6.07, 6.45) is 7.74. The van der Waals surface area contributed by atoms with Crippen LogP contribution >= 0.6 is 0 Å². The second-order valence-electron chi connectivity index (χ2n) is 6.24. The Morgan fingerprint density at radius 3 is 2.50 bits per heavy atom. The van der Waals surface area contributed by atoms with E-state index in [1.165, 1.54) is 51.9 Å². The van der Waals surface area contributed by atoms with E-state index in [1.54, 1.807) is 0 Å². The van der Waals surface area contributed by atoms with Crippen molar-refractivity contribution >= 4 is 0 Å². The van der Waals surface area contributed by atoms with Crippen LogP contribution in [0.3, 0.4) is 0 Å². The Bertz CT molecular complexity index is 298. The molecule has 0 radical (unpaired) electrons. The maximum atomic E-state index is 9.13. The van der Waals surface area contributed by atoms with Gasteiger partial charge < -0.3 is 10.2 Å². The molecule has 4 nitrogen and oxygen atoms in total. The van der Waals surface area contributed by atoms with E-state index < -0.39 is 0 Å². The predicted molar refractivity (Wildman–Crippen MR) is 82.6 cm³/mol. The van der Waals surface area contributed by atoms with Gasteiger partial charge in [-0.2, -0.15) is 5.26 Å². The minimum Gasteiger partial charge on any atom is -0.302 e. The van der Waals surface area contributed by atoms with Gasteiger partial charge in [-0.1, -0.05) is 19.8 Å². The quantitative estimate of drug-likeness (QED) is 0.771. The molecule has 0 aromatic heterocycles. The highest BCUT2D eigenvalue weighted by atomic mass is 15.3. The van der Waals surface area contributed by atoms with Gasteiger partial charge in [0.1, 0.15) is 0 Å². The van der Waals surface area contributed by atoms with Crippen molar-refractivity contribution in [3.8, 4) is 6.07 Å². The third-order valence-corrected chi connectivity index (χ3v) is 4.78. The molecule has 1 saturated heterocycles. The molecule has 4 heteroatoms. The van der Waals surface area contributed by atoms with E-state index >= 15 is 0 Å². The molecule has 1 aliphatic heterocycles. The fourth-order valence-electron chi connectivity index (χ4n) is 3.46. The first kappa shape index (κ1) is 15.8. The van der Waals surface area contributed by atoms with Crippen LogP contribution in [0.1, 0.15) is 45.4 Å². The van der Waals surface area contributed by atoms with Crippen molar-refractivity contribution in [2.24, 2.45) is 0 Å². The van der Waals surface area contributed by atoms with E-state index in [0.717, 1.165) is 32.0 Å². The second kappa shape index (κ2) is 8.61. The average molecular weight is 278 g/mol. The van der Waals surface area contributed by atoms with Crippen molar-refractivity contribution in [3.63, 3.8) is 0 Å². The molecular formula is C16H30N4. The summed E-state index contributed by atoms with van der Waals surface area (Å²) in [6, 6.07) is 3.28. The van der Waals surface area contributed by atoms with E-state index in [-0.39, 0.29) is 6.04 Å². The van der Waals surface area contributed by atoms with Crippen molar-refractivity contribution in [2.45, 2.75) is 57.5 Å². The maximum Gasteiger partial charge on any atom is 0.0965 e. The highest BCUT2D eigenvalue weighted by Gasteiger charge is 2.26. The van der Waals surface area contributed by atoms with Gasteiger partial charge in [-0.05, 0) is 32.2 Å². The van der Waals surface area contributed by atoms with Crippen LogP contribution in [0.5, 0.6) is 0 Å². The van der Waals surface area contributed by atoms with Crippen LogP contribution < -0.4 is 5.32 Å². The minimum atomic E-state index is 0.0304. The highest BCUT2D eigenvalue weighted by Crippen LogP contribution is 2.24. The maximum absolute atomic E-state index is 9.13. The molecule has 2 aliphatic rings. The molecule has 20 heavy (non-hydrogen) atoms. The Balaban J connectivity index is 1.62. The Morgan fingerprint density at radius 2 is 1.90 bits per heavy atom. The monoisotopic (exact) mass is 278 g/mol.